The molecule has 0 heterocycles. The van der Waals surface area contributed by atoms with Crippen molar-refractivity contribution in [1.82, 2.24) is 4.90 Å². The highest BCUT2D eigenvalue weighted by Crippen LogP contribution is 2.28. The van der Waals surface area contributed by atoms with Crippen molar-refractivity contribution in [3.63, 3.8) is 0 Å². The number of hydrogen-bond donors (Lipinski definition) is 1. The molecular formula is C15H19N3O. The monoisotopic (exact) mass is 257 g/mol. The van der Waals surface area contributed by atoms with Crippen LogP contribution in [0.2, 0.25) is 0 Å². The predicted molar refractivity (Wildman–Crippen MR) is 74.7 cm³/mol. The van der Waals surface area contributed by atoms with Crippen molar-refractivity contribution in [2.75, 3.05) is 11.9 Å². The van der Waals surface area contributed by atoms with Gasteiger partial charge in [0.05, 0.1) is 17.7 Å². The summed E-state index contributed by atoms with van der Waals surface area (Å²) < 4.78 is 0. The van der Waals surface area contributed by atoms with Crippen LogP contribution in [0.1, 0.15) is 32.3 Å². The number of nitriles is 1. The SMILES string of the molecule is CCN(C1CC1)C(C)C(=O)Nc1ccc(C#N)cc1. The van der Waals surface area contributed by atoms with Gasteiger partial charge in [-0.25, -0.2) is 0 Å². The van der Waals surface area contributed by atoms with Crippen LogP contribution in [0.5, 0.6) is 0 Å². The third-order valence-corrected chi connectivity index (χ3v) is 3.54. The first kappa shape index (κ1) is 13.6. The minimum absolute atomic E-state index is 0.0125. The molecule has 0 aliphatic heterocycles. The summed E-state index contributed by atoms with van der Waals surface area (Å²) in [5, 5.41) is 11.6. The first-order valence-electron chi connectivity index (χ1n) is 6.72. The first-order valence-corrected chi connectivity index (χ1v) is 6.72. The molecule has 1 aromatic rings. The first-order chi connectivity index (χ1) is 9.15. The van der Waals surface area contributed by atoms with E-state index in [4.69, 9.17) is 5.26 Å². The third-order valence-electron chi connectivity index (χ3n) is 3.54. The molecule has 0 aromatic heterocycles. The number of benzene rings is 1. The maximum absolute atomic E-state index is 12.2. The van der Waals surface area contributed by atoms with E-state index in [1.807, 2.05) is 6.92 Å². The number of nitrogens with one attached hydrogen (secondary N) is 1. The average molecular weight is 257 g/mol. The molecule has 2 rings (SSSR count). The number of amides is 1. The van der Waals surface area contributed by atoms with Gasteiger partial charge < -0.3 is 5.32 Å². The standard InChI is InChI=1S/C15H19N3O/c1-3-18(14-8-9-14)11(2)15(19)17-13-6-4-12(10-16)5-7-13/h4-7,11,14H,3,8-9H2,1-2H3,(H,17,19). The second kappa shape index (κ2) is 5.85. The van der Waals surface area contributed by atoms with Gasteiger partial charge in [0.15, 0.2) is 0 Å². The van der Waals surface area contributed by atoms with E-state index in [0.29, 0.717) is 11.6 Å². The van der Waals surface area contributed by atoms with E-state index < -0.39 is 0 Å². The van der Waals surface area contributed by atoms with Crippen LogP contribution in [-0.4, -0.2) is 29.4 Å². The largest absolute Gasteiger partial charge is 0.325 e. The van der Waals surface area contributed by atoms with Crippen molar-refractivity contribution < 1.29 is 4.79 Å². The molecule has 0 saturated heterocycles. The molecule has 1 saturated carbocycles. The summed E-state index contributed by atoms with van der Waals surface area (Å²) in [5.74, 6) is 0.0125. The number of hydrogen-bond acceptors (Lipinski definition) is 3. The van der Waals surface area contributed by atoms with Gasteiger partial charge in [0.2, 0.25) is 5.91 Å². The lowest BCUT2D eigenvalue weighted by Gasteiger charge is -2.26. The van der Waals surface area contributed by atoms with Crippen molar-refractivity contribution in [3.8, 4) is 6.07 Å². The fourth-order valence-corrected chi connectivity index (χ4v) is 2.28. The Kier molecular flexibility index (Phi) is 4.18. The zero-order chi connectivity index (χ0) is 13.8. The second-order valence-corrected chi connectivity index (χ2v) is 4.92. The van der Waals surface area contributed by atoms with Gasteiger partial charge in [-0.3, -0.25) is 9.69 Å². The summed E-state index contributed by atoms with van der Waals surface area (Å²) in [6, 6.07) is 9.45. The number of carbonyl (C=O) groups excluding carboxylic acids is 1. The normalized spacial score (nSPS) is 15.9. The molecule has 1 N–H and O–H groups in total. The quantitative estimate of drug-likeness (QED) is 0.881. The van der Waals surface area contributed by atoms with Gasteiger partial charge in [-0.05, 0) is 50.6 Å². The third kappa shape index (κ3) is 3.33. The molecule has 1 aliphatic carbocycles. The number of carbonyl (C=O) groups is 1. The van der Waals surface area contributed by atoms with Crippen LogP contribution < -0.4 is 5.32 Å². The Morgan fingerprint density at radius 2 is 2.11 bits per heavy atom. The molecule has 0 radical (unpaired) electrons. The summed E-state index contributed by atoms with van der Waals surface area (Å²) in [5.41, 5.74) is 1.34. The molecule has 1 unspecified atom stereocenters. The number of rotatable bonds is 5. The van der Waals surface area contributed by atoms with Gasteiger partial charge in [0.25, 0.3) is 0 Å². The Balaban J connectivity index is 1.97. The van der Waals surface area contributed by atoms with Crippen LogP contribution in [0.15, 0.2) is 24.3 Å². The lowest BCUT2D eigenvalue weighted by Crippen LogP contribution is -2.43. The molecule has 1 amide bonds. The van der Waals surface area contributed by atoms with Gasteiger partial charge in [-0.1, -0.05) is 6.92 Å². The molecule has 1 atom stereocenters. The van der Waals surface area contributed by atoms with Crippen molar-refractivity contribution >= 4 is 11.6 Å². The summed E-state index contributed by atoms with van der Waals surface area (Å²) in [6.07, 6.45) is 2.39. The smallest absolute Gasteiger partial charge is 0.241 e. The topological polar surface area (TPSA) is 56.1 Å². The molecule has 4 heteroatoms. The highest BCUT2D eigenvalue weighted by Gasteiger charge is 2.33. The van der Waals surface area contributed by atoms with Crippen LogP contribution in [0.3, 0.4) is 0 Å². The van der Waals surface area contributed by atoms with Crippen molar-refractivity contribution in [1.29, 1.82) is 5.26 Å². The molecule has 0 bridgehead atoms. The van der Waals surface area contributed by atoms with Crippen LogP contribution in [0.25, 0.3) is 0 Å². The predicted octanol–water partition coefficient (Wildman–Crippen LogP) is 2.37. The van der Waals surface area contributed by atoms with Crippen molar-refractivity contribution in [2.45, 2.75) is 38.8 Å². The van der Waals surface area contributed by atoms with Crippen LogP contribution in [0.4, 0.5) is 5.69 Å². The van der Waals surface area contributed by atoms with E-state index in [1.54, 1.807) is 24.3 Å². The molecule has 100 valence electrons. The lowest BCUT2D eigenvalue weighted by molar-refractivity contribution is -0.120. The second-order valence-electron chi connectivity index (χ2n) is 4.92. The Bertz CT molecular complexity index is 485. The minimum Gasteiger partial charge on any atom is -0.325 e. The van der Waals surface area contributed by atoms with Gasteiger partial charge in [-0.2, -0.15) is 5.26 Å². The minimum atomic E-state index is -0.117. The number of nitrogens with zero attached hydrogens (tertiary/aromatic N) is 2. The molecule has 4 nitrogen and oxygen atoms in total. The zero-order valence-electron chi connectivity index (χ0n) is 11.4. The zero-order valence-corrected chi connectivity index (χ0v) is 11.4. The number of likely N-dealkylation sites (N-methyl/N-ethyl adjacent to an activating group) is 1. The highest BCUT2D eigenvalue weighted by atomic mass is 16.2. The summed E-state index contributed by atoms with van der Waals surface area (Å²) >= 11 is 0. The van der Waals surface area contributed by atoms with Crippen LogP contribution in [-0.2, 0) is 4.79 Å². The van der Waals surface area contributed by atoms with Gasteiger partial charge >= 0.3 is 0 Å². The van der Waals surface area contributed by atoms with E-state index in [2.05, 4.69) is 23.2 Å². The maximum Gasteiger partial charge on any atom is 0.241 e. The van der Waals surface area contributed by atoms with Crippen LogP contribution >= 0.6 is 0 Å². The maximum atomic E-state index is 12.2. The molecular weight excluding hydrogens is 238 g/mol. The van der Waals surface area contributed by atoms with Crippen molar-refractivity contribution in [2.24, 2.45) is 0 Å². The lowest BCUT2D eigenvalue weighted by atomic mass is 10.2. The summed E-state index contributed by atoms with van der Waals surface area (Å²) in [7, 11) is 0. The van der Waals surface area contributed by atoms with E-state index in [1.165, 1.54) is 12.8 Å². The van der Waals surface area contributed by atoms with Gasteiger partial charge in [0, 0.05) is 11.7 Å². The fraction of sp³-hybridized carbons (Fsp3) is 0.467. The fourth-order valence-electron chi connectivity index (χ4n) is 2.28. The van der Waals surface area contributed by atoms with E-state index in [-0.39, 0.29) is 11.9 Å². The van der Waals surface area contributed by atoms with E-state index in [9.17, 15) is 4.79 Å². The van der Waals surface area contributed by atoms with Gasteiger partial charge in [-0.15, -0.1) is 0 Å². The van der Waals surface area contributed by atoms with Crippen LogP contribution in [0, 0.1) is 11.3 Å². The van der Waals surface area contributed by atoms with Gasteiger partial charge in [0.1, 0.15) is 0 Å². The average Bonchev–Trinajstić information content (AvgIpc) is 3.25. The Morgan fingerprint density at radius 1 is 1.47 bits per heavy atom. The number of anilines is 1. The molecule has 1 aliphatic rings. The molecule has 19 heavy (non-hydrogen) atoms. The molecule has 1 aromatic carbocycles. The van der Waals surface area contributed by atoms with E-state index in [0.717, 1.165) is 12.2 Å². The Hall–Kier alpha value is -1.86. The summed E-state index contributed by atoms with van der Waals surface area (Å²) in [4.78, 5) is 14.4. The van der Waals surface area contributed by atoms with E-state index >= 15 is 0 Å². The van der Waals surface area contributed by atoms with Crippen molar-refractivity contribution in [3.05, 3.63) is 29.8 Å². The molecule has 1 fully saturated rings. The Morgan fingerprint density at radius 3 is 2.58 bits per heavy atom. The summed E-state index contributed by atoms with van der Waals surface area (Å²) in [6.45, 7) is 4.93. The highest BCUT2D eigenvalue weighted by molar-refractivity contribution is 5.94. The molecule has 0 spiro atoms. The Labute approximate surface area is 114 Å².